The van der Waals surface area contributed by atoms with Crippen LogP contribution in [0.15, 0.2) is 82.6 Å². The second-order valence-corrected chi connectivity index (χ2v) is 12.9. The Hall–Kier alpha value is -3.01. The Morgan fingerprint density at radius 1 is 0.976 bits per heavy atom. The minimum absolute atomic E-state index is 0.0580. The number of anilines is 1. The first-order valence-electron chi connectivity index (χ1n) is 13.7. The number of rotatable bonds is 14. The number of carbonyl (C=O) groups excluding carboxylic acids is 2. The Balaban J connectivity index is 2.04. The van der Waals surface area contributed by atoms with Crippen molar-refractivity contribution >= 4 is 50.9 Å². The minimum Gasteiger partial charge on any atom is -0.354 e. The van der Waals surface area contributed by atoms with Gasteiger partial charge in [-0.25, -0.2) is 8.42 Å². The molecule has 1 N–H and O–H groups in total. The first-order valence-corrected chi connectivity index (χ1v) is 16.7. The van der Waals surface area contributed by atoms with E-state index >= 15 is 0 Å². The summed E-state index contributed by atoms with van der Waals surface area (Å²) in [6, 6.07) is 19.9. The van der Waals surface area contributed by atoms with E-state index in [2.05, 4.69) is 5.32 Å². The van der Waals surface area contributed by atoms with Crippen molar-refractivity contribution in [2.45, 2.75) is 62.4 Å². The van der Waals surface area contributed by atoms with Gasteiger partial charge in [-0.2, -0.15) is 0 Å². The van der Waals surface area contributed by atoms with E-state index in [4.69, 9.17) is 11.6 Å². The van der Waals surface area contributed by atoms with Gasteiger partial charge in [0.05, 0.1) is 10.6 Å². The van der Waals surface area contributed by atoms with Gasteiger partial charge in [0, 0.05) is 23.0 Å². The number of unbranched alkanes of at least 4 members (excludes halogenated alkanes) is 1. The van der Waals surface area contributed by atoms with E-state index in [0.29, 0.717) is 29.2 Å². The van der Waals surface area contributed by atoms with Crippen LogP contribution in [0.2, 0.25) is 5.02 Å². The van der Waals surface area contributed by atoms with Crippen LogP contribution < -0.4 is 9.62 Å². The van der Waals surface area contributed by atoms with Crippen molar-refractivity contribution in [3.63, 3.8) is 0 Å². The smallest absolute Gasteiger partial charge is 0.264 e. The van der Waals surface area contributed by atoms with Crippen molar-refractivity contribution in [2.24, 2.45) is 0 Å². The minimum atomic E-state index is -4.12. The third kappa shape index (κ3) is 8.50. The van der Waals surface area contributed by atoms with Crippen LogP contribution in [0.4, 0.5) is 5.69 Å². The Morgan fingerprint density at radius 2 is 1.63 bits per heavy atom. The van der Waals surface area contributed by atoms with Gasteiger partial charge in [0.15, 0.2) is 0 Å². The fourth-order valence-corrected chi connectivity index (χ4v) is 6.37. The van der Waals surface area contributed by atoms with E-state index in [0.717, 1.165) is 27.6 Å². The predicted octanol–water partition coefficient (Wildman–Crippen LogP) is 6.29. The number of sulfonamides is 1. The summed E-state index contributed by atoms with van der Waals surface area (Å²) in [4.78, 5) is 29.8. The van der Waals surface area contributed by atoms with Crippen molar-refractivity contribution in [2.75, 3.05) is 23.7 Å². The van der Waals surface area contributed by atoms with Crippen LogP contribution in [-0.2, 0) is 26.2 Å². The second-order valence-electron chi connectivity index (χ2n) is 9.70. The highest BCUT2D eigenvalue weighted by Crippen LogP contribution is 2.27. The molecule has 3 aromatic rings. The van der Waals surface area contributed by atoms with Crippen molar-refractivity contribution in [3.8, 4) is 0 Å². The summed E-state index contributed by atoms with van der Waals surface area (Å²) in [5, 5.41) is 3.39. The highest BCUT2D eigenvalue weighted by Gasteiger charge is 2.33. The van der Waals surface area contributed by atoms with Crippen LogP contribution in [-0.4, -0.2) is 50.5 Å². The number of halogens is 1. The molecule has 3 aromatic carbocycles. The molecule has 220 valence electrons. The van der Waals surface area contributed by atoms with Crippen LogP contribution in [0.3, 0.4) is 0 Å². The van der Waals surface area contributed by atoms with Gasteiger partial charge in [-0.05, 0) is 74.0 Å². The first-order chi connectivity index (χ1) is 19.6. The summed E-state index contributed by atoms with van der Waals surface area (Å²) in [7, 11) is -4.12. The normalized spacial score (nSPS) is 12.0. The number of aryl methyl sites for hydroxylation is 1. The quantitative estimate of drug-likeness (QED) is 0.170. The number of hydrogen-bond donors (Lipinski definition) is 1. The lowest BCUT2D eigenvalue weighted by Gasteiger charge is -2.33. The van der Waals surface area contributed by atoms with Gasteiger partial charge in [-0.15, -0.1) is 11.8 Å². The van der Waals surface area contributed by atoms with Crippen LogP contribution in [0, 0.1) is 6.92 Å². The maximum Gasteiger partial charge on any atom is 0.264 e. The number of benzene rings is 3. The SMILES string of the molecule is CCCCNC(=O)[C@@H](CC)N(Cc1ccccc1Cl)C(=O)CN(c1ccc(C)cc1)S(=O)(=O)c1ccc(SC)cc1. The summed E-state index contributed by atoms with van der Waals surface area (Å²) in [5.74, 6) is -0.786. The number of amides is 2. The molecule has 10 heteroatoms. The van der Waals surface area contributed by atoms with Crippen molar-refractivity contribution in [3.05, 3.63) is 88.9 Å². The topological polar surface area (TPSA) is 86.8 Å². The zero-order valence-corrected chi connectivity index (χ0v) is 26.4. The maximum absolute atomic E-state index is 14.1. The van der Waals surface area contributed by atoms with E-state index in [1.165, 1.54) is 16.7 Å². The molecule has 0 fully saturated rings. The third-order valence-electron chi connectivity index (χ3n) is 6.76. The van der Waals surface area contributed by atoms with Gasteiger partial charge in [0.2, 0.25) is 11.8 Å². The average Bonchev–Trinajstić information content (AvgIpc) is 2.97. The van der Waals surface area contributed by atoms with Crippen LogP contribution in [0.25, 0.3) is 0 Å². The Morgan fingerprint density at radius 3 is 2.22 bits per heavy atom. The van der Waals surface area contributed by atoms with Crippen molar-refractivity contribution in [1.82, 2.24) is 10.2 Å². The third-order valence-corrected chi connectivity index (χ3v) is 9.66. The number of nitrogens with zero attached hydrogens (tertiary/aromatic N) is 2. The van der Waals surface area contributed by atoms with Crippen LogP contribution in [0.5, 0.6) is 0 Å². The Kier molecular flexibility index (Phi) is 12.1. The van der Waals surface area contributed by atoms with Gasteiger partial charge < -0.3 is 10.2 Å². The zero-order chi connectivity index (χ0) is 30.0. The van der Waals surface area contributed by atoms with Gasteiger partial charge in [0.1, 0.15) is 12.6 Å². The molecule has 7 nitrogen and oxygen atoms in total. The molecule has 0 spiro atoms. The molecule has 0 radical (unpaired) electrons. The van der Waals surface area contributed by atoms with Gasteiger partial charge in [-0.3, -0.25) is 13.9 Å². The molecule has 0 aromatic heterocycles. The number of carbonyl (C=O) groups is 2. The van der Waals surface area contributed by atoms with Crippen molar-refractivity contribution < 1.29 is 18.0 Å². The fraction of sp³-hybridized carbons (Fsp3) is 0.355. The molecule has 0 aliphatic carbocycles. The highest BCUT2D eigenvalue weighted by molar-refractivity contribution is 7.98. The molecule has 0 aliphatic rings. The highest BCUT2D eigenvalue weighted by atomic mass is 35.5. The Labute approximate surface area is 253 Å². The van der Waals surface area contributed by atoms with E-state index in [9.17, 15) is 18.0 Å². The molecule has 0 aliphatic heterocycles. The molecule has 3 rings (SSSR count). The number of thioether (sulfide) groups is 1. The van der Waals surface area contributed by atoms with Gasteiger partial charge in [-0.1, -0.05) is 67.8 Å². The van der Waals surface area contributed by atoms with E-state index in [-0.39, 0.29) is 17.3 Å². The fourth-order valence-electron chi connectivity index (χ4n) is 4.35. The molecule has 2 amide bonds. The number of nitrogens with one attached hydrogen (secondary N) is 1. The molecule has 1 atom stereocenters. The van der Waals surface area contributed by atoms with Crippen LogP contribution in [0.1, 0.15) is 44.2 Å². The van der Waals surface area contributed by atoms with Gasteiger partial charge in [0.25, 0.3) is 10.0 Å². The molecule has 0 saturated carbocycles. The monoisotopic (exact) mass is 615 g/mol. The first kappa shape index (κ1) is 32.5. The molecule has 0 saturated heterocycles. The summed E-state index contributed by atoms with van der Waals surface area (Å²) in [6.45, 7) is 5.84. The standard InChI is InChI=1S/C31H38ClN3O4S2/c1-5-7-20-33-31(37)29(6-2)34(21-24-10-8-9-11-28(24)32)30(36)22-35(25-14-12-23(3)13-15-25)41(38,39)27-18-16-26(40-4)17-19-27/h8-19,29H,5-7,20-22H2,1-4H3,(H,33,37)/t29-/m1/s1. The molecule has 0 heterocycles. The average molecular weight is 616 g/mol. The van der Waals surface area contributed by atoms with Crippen molar-refractivity contribution in [1.29, 1.82) is 0 Å². The summed E-state index contributed by atoms with van der Waals surface area (Å²) in [5.41, 5.74) is 1.98. The largest absolute Gasteiger partial charge is 0.354 e. The van der Waals surface area contributed by atoms with E-state index in [1.54, 1.807) is 66.7 Å². The molecular formula is C31H38ClN3O4S2. The maximum atomic E-state index is 14.1. The molecular weight excluding hydrogens is 578 g/mol. The van der Waals surface area contributed by atoms with E-state index in [1.807, 2.05) is 33.1 Å². The van der Waals surface area contributed by atoms with Gasteiger partial charge >= 0.3 is 0 Å². The lowest BCUT2D eigenvalue weighted by atomic mass is 10.1. The molecule has 0 unspecified atom stereocenters. The molecule has 41 heavy (non-hydrogen) atoms. The lowest BCUT2D eigenvalue weighted by Crippen LogP contribution is -2.52. The second kappa shape index (κ2) is 15.3. The summed E-state index contributed by atoms with van der Waals surface area (Å²) >= 11 is 7.96. The summed E-state index contributed by atoms with van der Waals surface area (Å²) < 4.78 is 29.1. The predicted molar refractivity (Wildman–Crippen MR) is 168 cm³/mol. The lowest BCUT2D eigenvalue weighted by molar-refractivity contribution is -0.140. The summed E-state index contributed by atoms with van der Waals surface area (Å²) in [6.07, 6.45) is 3.99. The van der Waals surface area contributed by atoms with Crippen LogP contribution >= 0.6 is 23.4 Å². The number of hydrogen-bond acceptors (Lipinski definition) is 5. The van der Waals surface area contributed by atoms with E-state index < -0.39 is 28.5 Å². The molecule has 0 bridgehead atoms. The zero-order valence-electron chi connectivity index (χ0n) is 24.0. The Bertz CT molecular complexity index is 1410.